The van der Waals surface area contributed by atoms with E-state index >= 15 is 0 Å². The van der Waals surface area contributed by atoms with Crippen molar-refractivity contribution < 1.29 is 4.39 Å². The molecule has 0 saturated carbocycles. The van der Waals surface area contributed by atoms with Crippen LogP contribution in [0.5, 0.6) is 0 Å². The molecule has 116 valence electrons. The number of halogens is 1. The molecule has 0 radical (unpaired) electrons. The zero-order valence-corrected chi connectivity index (χ0v) is 13.2. The molecule has 2 atom stereocenters. The SMILES string of the molecule is C=CCN(CC=C)C(CC)C(N)(CC)c1ccc(F)cc1. The van der Waals surface area contributed by atoms with Gasteiger partial charge >= 0.3 is 0 Å². The van der Waals surface area contributed by atoms with E-state index in [1.807, 2.05) is 12.2 Å². The molecule has 1 aromatic rings. The van der Waals surface area contributed by atoms with Crippen LogP contribution in [0, 0.1) is 5.82 Å². The fourth-order valence-electron chi connectivity index (χ4n) is 3.00. The van der Waals surface area contributed by atoms with Crippen molar-refractivity contribution >= 4 is 0 Å². The molecule has 0 spiro atoms. The first-order valence-corrected chi connectivity index (χ1v) is 7.54. The van der Waals surface area contributed by atoms with Crippen LogP contribution in [-0.4, -0.2) is 24.0 Å². The third kappa shape index (κ3) is 4.02. The van der Waals surface area contributed by atoms with Crippen molar-refractivity contribution in [2.24, 2.45) is 5.73 Å². The molecule has 3 heteroatoms. The molecule has 0 bridgehead atoms. The number of nitrogens with zero attached hydrogens (tertiary/aromatic N) is 1. The summed E-state index contributed by atoms with van der Waals surface area (Å²) in [6.45, 7) is 13.4. The number of benzene rings is 1. The fraction of sp³-hybridized carbons (Fsp3) is 0.444. The topological polar surface area (TPSA) is 29.3 Å². The van der Waals surface area contributed by atoms with Crippen molar-refractivity contribution in [2.75, 3.05) is 13.1 Å². The predicted molar refractivity (Wildman–Crippen MR) is 88.6 cm³/mol. The maximum absolute atomic E-state index is 13.2. The van der Waals surface area contributed by atoms with Gasteiger partial charge in [-0.25, -0.2) is 4.39 Å². The molecule has 1 aromatic carbocycles. The van der Waals surface area contributed by atoms with Gasteiger partial charge < -0.3 is 5.73 Å². The lowest BCUT2D eigenvalue weighted by Gasteiger charge is -2.43. The van der Waals surface area contributed by atoms with Crippen molar-refractivity contribution in [3.63, 3.8) is 0 Å². The van der Waals surface area contributed by atoms with Crippen molar-refractivity contribution in [3.05, 3.63) is 61.0 Å². The van der Waals surface area contributed by atoms with Gasteiger partial charge in [0.05, 0.1) is 5.54 Å². The quantitative estimate of drug-likeness (QED) is 0.700. The second kappa shape index (κ2) is 8.11. The summed E-state index contributed by atoms with van der Waals surface area (Å²) in [5.41, 5.74) is 7.20. The summed E-state index contributed by atoms with van der Waals surface area (Å²) in [6.07, 6.45) is 5.45. The molecule has 21 heavy (non-hydrogen) atoms. The lowest BCUT2D eigenvalue weighted by Crippen LogP contribution is -2.55. The Balaban J connectivity index is 3.19. The third-order valence-electron chi connectivity index (χ3n) is 4.12. The summed E-state index contributed by atoms with van der Waals surface area (Å²) >= 11 is 0. The summed E-state index contributed by atoms with van der Waals surface area (Å²) in [5, 5.41) is 0. The summed E-state index contributed by atoms with van der Waals surface area (Å²) in [7, 11) is 0. The van der Waals surface area contributed by atoms with Crippen LogP contribution in [0.1, 0.15) is 32.3 Å². The average Bonchev–Trinajstić information content (AvgIpc) is 2.48. The number of hydrogen-bond donors (Lipinski definition) is 1. The highest BCUT2D eigenvalue weighted by Gasteiger charge is 2.37. The van der Waals surface area contributed by atoms with Gasteiger partial charge in [0.25, 0.3) is 0 Å². The Labute approximate surface area is 128 Å². The Morgan fingerprint density at radius 2 is 1.71 bits per heavy atom. The van der Waals surface area contributed by atoms with Gasteiger partial charge in [-0.15, -0.1) is 13.2 Å². The first-order valence-electron chi connectivity index (χ1n) is 7.54. The van der Waals surface area contributed by atoms with Gasteiger partial charge in [0.2, 0.25) is 0 Å². The maximum Gasteiger partial charge on any atom is 0.123 e. The van der Waals surface area contributed by atoms with Crippen LogP contribution < -0.4 is 5.73 Å². The van der Waals surface area contributed by atoms with Crippen LogP contribution in [0.3, 0.4) is 0 Å². The van der Waals surface area contributed by atoms with Crippen LogP contribution >= 0.6 is 0 Å². The predicted octanol–water partition coefficient (Wildman–Crippen LogP) is 3.84. The van der Waals surface area contributed by atoms with Gasteiger partial charge in [0.1, 0.15) is 5.82 Å². The maximum atomic E-state index is 13.2. The summed E-state index contributed by atoms with van der Waals surface area (Å²) in [4.78, 5) is 2.27. The highest BCUT2D eigenvalue weighted by molar-refractivity contribution is 5.27. The lowest BCUT2D eigenvalue weighted by atomic mass is 9.79. The Bertz CT molecular complexity index is 445. The summed E-state index contributed by atoms with van der Waals surface area (Å²) < 4.78 is 13.2. The fourth-order valence-corrected chi connectivity index (χ4v) is 3.00. The molecular weight excluding hydrogens is 263 g/mol. The van der Waals surface area contributed by atoms with E-state index in [-0.39, 0.29) is 11.9 Å². The van der Waals surface area contributed by atoms with Gasteiger partial charge in [-0.2, -0.15) is 0 Å². The highest BCUT2D eigenvalue weighted by atomic mass is 19.1. The molecule has 0 heterocycles. The van der Waals surface area contributed by atoms with E-state index in [1.54, 1.807) is 12.1 Å². The van der Waals surface area contributed by atoms with Crippen LogP contribution in [0.2, 0.25) is 0 Å². The molecule has 0 aliphatic carbocycles. The van der Waals surface area contributed by atoms with Gasteiger partial charge in [-0.3, -0.25) is 4.90 Å². The van der Waals surface area contributed by atoms with Gasteiger partial charge in [0, 0.05) is 19.1 Å². The molecule has 0 fully saturated rings. The molecule has 1 rings (SSSR count). The second-order valence-electron chi connectivity index (χ2n) is 5.36. The smallest absolute Gasteiger partial charge is 0.123 e. The normalized spacial score (nSPS) is 15.5. The van der Waals surface area contributed by atoms with Gasteiger partial charge in [-0.1, -0.05) is 38.1 Å². The minimum atomic E-state index is -0.519. The molecular formula is C18H27FN2. The van der Waals surface area contributed by atoms with Crippen molar-refractivity contribution in [1.82, 2.24) is 4.90 Å². The van der Waals surface area contributed by atoms with Gasteiger partial charge in [0.15, 0.2) is 0 Å². The average molecular weight is 290 g/mol. The second-order valence-corrected chi connectivity index (χ2v) is 5.36. The first kappa shape index (κ1) is 17.6. The lowest BCUT2D eigenvalue weighted by molar-refractivity contribution is 0.134. The van der Waals surface area contributed by atoms with Crippen molar-refractivity contribution in [3.8, 4) is 0 Å². The minimum Gasteiger partial charge on any atom is -0.320 e. The standard InChI is InChI=1S/C18H27FN2/c1-5-13-21(14-6-2)17(7-3)18(20,8-4)15-9-11-16(19)12-10-15/h5-6,9-12,17H,1-2,7-8,13-14,20H2,3-4H3. The number of hydrogen-bond acceptors (Lipinski definition) is 2. The Kier molecular flexibility index (Phi) is 6.79. The zero-order valence-electron chi connectivity index (χ0n) is 13.2. The molecule has 2 unspecified atom stereocenters. The van der Waals surface area contributed by atoms with Crippen LogP contribution in [0.25, 0.3) is 0 Å². The highest BCUT2D eigenvalue weighted by Crippen LogP contribution is 2.31. The molecule has 0 amide bonds. The summed E-state index contributed by atoms with van der Waals surface area (Å²) in [5.74, 6) is -0.237. The van der Waals surface area contributed by atoms with Crippen molar-refractivity contribution in [1.29, 1.82) is 0 Å². The summed E-state index contributed by atoms with van der Waals surface area (Å²) in [6, 6.07) is 6.68. The third-order valence-corrected chi connectivity index (χ3v) is 4.12. The van der Waals surface area contributed by atoms with E-state index in [2.05, 4.69) is 31.9 Å². The van der Waals surface area contributed by atoms with E-state index in [0.29, 0.717) is 0 Å². The molecule has 0 saturated heterocycles. The Morgan fingerprint density at radius 3 is 2.10 bits per heavy atom. The molecule has 2 nitrogen and oxygen atoms in total. The van der Waals surface area contributed by atoms with E-state index in [0.717, 1.165) is 31.5 Å². The minimum absolute atomic E-state index is 0.143. The van der Waals surface area contributed by atoms with E-state index < -0.39 is 5.54 Å². The zero-order chi connectivity index (χ0) is 15.9. The van der Waals surface area contributed by atoms with Gasteiger partial charge in [-0.05, 0) is 30.5 Å². The number of nitrogens with two attached hydrogens (primary N) is 1. The van der Waals surface area contributed by atoms with E-state index in [9.17, 15) is 4.39 Å². The van der Waals surface area contributed by atoms with E-state index in [4.69, 9.17) is 5.73 Å². The van der Waals surface area contributed by atoms with Crippen LogP contribution in [0.4, 0.5) is 4.39 Å². The molecule has 0 aliphatic rings. The van der Waals surface area contributed by atoms with Crippen molar-refractivity contribution in [2.45, 2.75) is 38.3 Å². The number of rotatable bonds is 9. The molecule has 0 aliphatic heterocycles. The van der Waals surface area contributed by atoms with Crippen LogP contribution in [-0.2, 0) is 5.54 Å². The monoisotopic (exact) mass is 290 g/mol. The molecule has 2 N–H and O–H groups in total. The Hall–Kier alpha value is -1.45. The Morgan fingerprint density at radius 1 is 1.19 bits per heavy atom. The largest absolute Gasteiger partial charge is 0.320 e. The van der Waals surface area contributed by atoms with Crippen LogP contribution in [0.15, 0.2) is 49.6 Å². The molecule has 0 aromatic heterocycles. The first-order chi connectivity index (χ1) is 10.0. The van der Waals surface area contributed by atoms with E-state index in [1.165, 1.54) is 12.1 Å².